The number of carboxylic acid groups (broad SMARTS) is 1. The maximum absolute atomic E-state index is 13.9. The highest BCUT2D eigenvalue weighted by molar-refractivity contribution is 5.98. The van der Waals surface area contributed by atoms with Gasteiger partial charge in [0.2, 0.25) is 0 Å². The fourth-order valence-corrected chi connectivity index (χ4v) is 3.14. The number of fused-ring (bicyclic) bond motifs is 1. The van der Waals surface area contributed by atoms with Crippen molar-refractivity contribution < 1.29 is 28.2 Å². The lowest BCUT2D eigenvalue weighted by atomic mass is 10.1. The van der Waals surface area contributed by atoms with Crippen molar-refractivity contribution in [3.63, 3.8) is 0 Å². The van der Waals surface area contributed by atoms with E-state index in [0.717, 1.165) is 6.20 Å². The van der Waals surface area contributed by atoms with E-state index in [1.165, 1.54) is 6.07 Å². The molecule has 124 valence electrons. The summed E-state index contributed by atoms with van der Waals surface area (Å²) in [4.78, 5) is 27.0. The first-order valence-electron chi connectivity index (χ1n) is 7.29. The Bertz CT molecular complexity index is 679. The van der Waals surface area contributed by atoms with E-state index in [-0.39, 0.29) is 24.3 Å². The lowest BCUT2D eigenvalue weighted by Gasteiger charge is -2.22. The highest BCUT2D eigenvalue weighted by Crippen LogP contribution is 2.64. The van der Waals surface area contributed by atoms with Crippen LogP contribution in [0.15, 0.2) is 12.3 Å². The highest BCUT2D eigenvalue weighted by Gasteiger charge is 2.82. The molecule has 1 aromatic heterocycles. The molecular weight excluding hydrogens is 310 g/mol. The van der Waals surface area contributed by atoms with E-state index in [4.69, 9.17) is 9.84 Å². The van der Waals surface area contributed by atoms with Crippen LogP contribution in [0, 0.1) is 12.8 Å². The molecule has 1 aliphatic heterocycles. The Morgan fingerprint density at radius 1 is 1.52 bits per heavy atom. The number of pyridine rings is 1. The topological polar surface area (TPSA) is 88.5 Å². The molecule has 1 saturated carbocycles. The monoisotopic (exact) mass is 326 g/mol. The van der Waals surface area contributed by atoms with E-state index < -0.39 is 29.3 Å². The summed E-state index contributed by atoms with van der Waals surface area (Å²) in [6.07, 6.45) is 2.10. The van der Waals surface area contributed by atoms with E-state index in [0.29, 0.717) is 18.5 Å². The molecule has 2 atom stereocenters. The zero-order valence-electron chi connectivity index (χ0n) is 12.4. The smallest absolute Gasteiger partial charge is 0.337 e. The molecule has 23 heavy (non-hydrogen) atoms. The average Bonchev–Trinajstić information content (AvgIpc) is 3.02. The van der Waals surface area contributed by atoms with Crippen molar-refractivity contribution in [2.24, 2.45) is 5.92 Å². The number of carboxylic acids is 1. The Hall–Kier alpha value is -2.09. The maximum Gasteiger partial charge on any atom is 0.337 e. The number of alkyl halides is 2. The molecule has 2 heterocycles. The summed E-state index contributed by atoms with van der Waals surface area (Å²) in [5.74, 6) is -5.65. The summed E-state index contributed by atoms with van der Waals surface area (Å²) < 4.78 is 33.0. The summed E-state index contributed by atoms with van der Waals surface area (Å²) in [6, 6.07) is 1.18. The van der Waals surface area contributed by atoms with Crippen molar-refractivity contribution in [3.05, 3.63) is 29.1 Å². The van der Waals surface area contributed by atoms with Gasteiger partial charge in [-0.1, -0.05) is 0 Å². The minimum atomic E-state index is -2.94. The van der Waals surface area contributed by atoms with Gasteiger partial charge in [-0.05, 0) is 25.8 Å². The first-order valence-corrected chi connectivity index (χ1v) is 7.29. The molecule has 2 N–H and O–H groups in total. The van der Waals surface area contributed by atoms with Crippen molar-refractivity contribution >= 4 is 11.9 Å². The van der Waals surface area contributed by atoms with Crippen LogP contribution in [0.25, 0.3) is 0 Å². The predicted octanol–water partition coefficient (Wildman–Crippen LogP) is 1.63. The fraction of sp³-hybridized carbons (Fsp3) is 0.533. The number of nitrogens with zero attached hydrogens (tertiary/aromatic N) is 1. The van der Waals surface area contributed by atoms with Crippen molar-refractivity contribution in [3.8, 4) is 0 Å². The van der Waals surface area contributed by atoms with Crippen LogP contribution in [0.4, 0.5) is 8.78 Å². The number of halogens is 2. The van der Waals surface area contributed by atoms with Gasteiger partial charge in [-0.15, -0.1) is 0 Å². The van der Waals surface area contributed by atoms with Crippen molar-refractivity contribution in [2.45, 2.75) is 31.3 Å². The molecule has 8 heteroatoms. The number of carbonyl (C=O) groups excluding carboxylic acids is 1. The van der Waals surface area contributed by atoms with Crippen LogP contribution in [-0.4, -0.2) is 46.6 Å². The molecule has 2 aliphatic rings. The zero-order valence-corrected chi connectivity index (χ0v) is 12.4. The zero-order chi connectivity index (χ0) is 16.8. The third-order valence-electron chi connectivity index (χ3n) is 4.57. The van der Waals surface area contributed by atoms with Gasteiger partial charge in [0, 0.05) is 12.8 Å². The second kappa shape index (κ2) is 5.23. The van der Waals surface area contributed by atoms with Gasteiger partial charge < -0.3 is 15.2 Å². The van der Waals surface area contributed by atoms with Gasteiger partial charge >= 0.3 is 5.97 Å². The van der Waals surface area contributed by atoms with E-state index in [1.807, 2.05) is 0 Å². The van der Waals surface area contributed by atoms with Crippen LogP contribution in [0.5, 0.6) is 0 Å². The third-order valence-corrected chi connectivity index (χ3v) is 4.57. The van der Waals surface area contributed by atoms with Crippen molar-refractivity contribution in [1.29, 1.82) is 0 Å². The molecule has 2 fully saturated rings. The van der Waals surface area contributed by atoms with Crippen LogP contribution in [0.1, 0.15) is 39.3 Å². The Labute approximate surface area is 130 Å². The molecule has 0 bridgehead atoms. The summed E-state index contributed by atoms with van der Waals surface area (Å²) in [6.45, 7) is 1.49. The van der Waals surface area contributed by atoms with Gasteiger partial charge in [-0.2, -0.15) is 0 Å². The Kier molecular flexibility index (Phi) is 3.59. The summed E-state index contributed by atoms with van der Waals surface area (Å²) in [5.41, 5.74) is -1.37. The Morgan fingerprint density at radius 3 is 2.91 bits per heavy atom. The lowest BCUT2D eigenvalue weighted by Crippen LogP contribution is -2.41. The minimum absolute atomic E-state index is 0.0534. The fourth-order valence-electron chi connectivity index (χ4n) is 3.14. The van der Waals surface area contributed by atoms with E-state index in [1.54, 1.807) is 6.92 Å². The summed E-state index contributed by atoms with van der Waals surface area (Å²) in [7, 11) is 0. The van der Waals surface area contributed by atoms with Gasteiger partial charge in [0.05, 0.1) is 29.3 Å². The number of aromatic carboxylic acids is 1. The number of ether oxygens (including phenoxy) is 1. The van der Waals surface area contributed by atoms with Crippen molar-refractivity contribution in [1.82, 2.24) is 10.3 Å². The first-order chi connectivity index (χ1) is 10.8. The molecular formula is C15H16F2N2O4. The van der Waals surface area contributed by atoms with Crippen LogP contribution in [-0.2, 0) is 4.74 Å². The molecule has 0 spiro atoms. The SMILES string of the molecule is Cc1ncc(C(=O)O)cc1C(=O)NC[C@]12OCCC[C@H]1C2(F)F. The lowest BCUT2D eigenvalue weighted by molar-refractivity contribution is -0.0576. The van der Waals surface area contributed by atoms with Gasteiger partial charge in [-0.3, -0.25) is 9.78 Å². The van der Waals surface area contributed by atoms with Gasteiger partial charge in [-0.25, -0.2) is 13.6 Å². The van der Waals surface area contributed by atoms with Gasteiger partial charge in [0.25, 0.3) is 11.8 Å². The molecule has 6 nitrogen and oxygen atoms in total. The highest BCUT2D eigenvalue weighted by atomic mass is 19.3. The van der Waals surface area contributed by atoms with Crippen LogP contribution >= 0.6 is 0 Å². The molecule has 0 aromatic carbocycles. The number of nitrogens with one attached hydrogen (secondary N) is 1. The van der Waals surface area contributed by atoms with Crippen LogP contribution in [0.2, 0.25) is 0 Å². The molecule has 3 rings (SSSR count). The van der Waals surface area contributed by atoms with Crippen molar-refractivity contribution in [2.75, 3.05) is 13.2 Å². The third kappa shape index (κ3) is 2.37. The summed E-state index contributed by atoms with van der Waals surface area (Å²) >= 11 is 0. The van der Waals surface area contributed by atoms with E-state index in [9.17, 15) is 18.4 Å². The van der Waals surface area contributed by atoms with E-state index >= 15 is 0 Å². The normalized spacial score (nSPS) is 27.9. The second-order valence-electron chi connectivity index (χ2n) is 5.90. The largest absolute Gasteiger partial charge is 0.478 e. The number of carbonyl (C=O) groups is 2. The molecule has 1 aromatic rings. The molecule has 0 unspecified atom stereocenters. The Balaban J connectivity index is 1.73. The summed E-state index contributed by atoms with van der Waals surface area (Å²) in [5, 5.41) is 11.4. The number of aryl methyl sites for hydroxylation is 1. The molecule has 1 amide bonds. The second-order valence-corrected chi connectivity index (χ2v) is 5.90. The number of aromatic nitrogens is 1. The molecule has 1 aliphatic carbocycles. The first kappa shape index (κ1) is 15.8. The van der Waals surface area contributed by atoms with Gasteiger partial charge in [0.15, 0.2) is 5.60 Å². The van der Waals surface area contributed by atoms with Gasteiger partial charge in [0.1, 0.15) is 0 Å². The van der Waals surface area contributed by atoms with E-state index in [2.05, 4.69) is 10.3 Å². The molecule has 0 radical (unpaired) electrons. The van der Waals surface area contributed by atoms with Crippen LogP contribution < -0.4 is 5.32 Å². The standard InChI is InChI=1S/C15H16F2N2O4/c1-8-10(5-9(6-18-8)13(21)22)12(20)19-7-14-11(15(14,16)17)3-2-4-23-14/h5-6,11H,2-4,7H2,1H3,(H,19,20)(H,21,22)/t11-,14+/m1/s1. The average molecular weight is 326 g/mol. The number of rotatable bonds is 4. The number of hydrogen-bond acceptors (Lipinski definition) is 4. The molecule has 1 saturated heterocycles. The number of hydrogen-bond donors (Lipinski definition) is 2. The Morgan fingerprint density at radius 2 is 2.26 bits per heavy atom. The number of amides is 1. The van der Waals surface area contributed by atoms with Crippen LogP contribution in [0.3, 0.4) is 0 Å². The quantitative estimate of drug-likeness (QED) is 0.878. The minimum Gasteiger partial charge on any atom is -0.478 e. The predicted molar refractivity (Wildman–Crippen MR) is 74.6 cm³/mol. The maximum atomic E-state index is 13.9.